The number of hydrogen-bond donors (Lipinski definition) is 0. The fourth-order valence-corrected chi connectivity index (χ4v) is 3.02. The summed E-state index contributed by atoms with van der Waals surface area (Å²) in [7, 11) is 1.94. The number of aryl methyl sites for hydroxylation is 2. The quantitative estimate of drug-likeness (QED) is 0.722. The highest BCUT2D eigenvalue weighted by molar-refractivity contribution is 5.83. The summed E-state index contributed by atoms with van der Waals surface area (Å²) in [5.74, 6) is 1.50. The minimum Gasteiger partial charge on any atom is -0.473 e. The number of ether oxygens (including phenoxy) is 1. The summed E-state index contributed by atoms with van der Waals surface area (Å²) in [6.07, 6.45) is 8.74. The normalized spacial score (nSPS) is 15.8. The average molecular weight is 325 g/mol. The third-order valence-corrected chi connectivity index (χ3v) is 4.24. The van der Waals surface area contributed by atoms with Crippen molar-refractivity contribution in [3.8, 4) is 5.88 Å². The highest BCUT2D eigenvalue weighted by Crippen LogP contribution is 2.25. The summed E-state index contributed by atoms with van der Waals surface area (Å²) in [5, 5.41) is 0. The van der Waals surface area contributed by atoms with E-state index in [2.05, 4.69) is 29.8 Å². The van der Waals surface area contributed by atoms with Gasteiger partial charge in [0.05, 0.1) is 18.2 Å². The lowest BCUT2D eigenvalue weighted by molar-refractivity contribution is 0.163. The van der Waals surface area contributed by atoms with E-state index in [0.717, 1.165) is 48.6 Å². The van der Waals surface area contributed by atoms with Crippen molar-refractivity contribution in [3.63, 3.8) is 0 Å². The SMILES string of the molecule is Cc1cncc(OC2CCN(c3ncnc4c3ncn4C)CC2)n1. The van der Waals surface area contributed by atoms with Gasteiger partial charge in [-0.05, 0) is 6.92 Å². The first kappa shape index (κ1) is 14.8. The molecule has 1 aliphatic heterocycles. The topological polar surface area (TPSA) is 81.9 Å². The minimum absolute atomic E-state index is 0.151. The molecule has 4 rings (SSSR count). The van der Waals surface area contributed by atoms with E-state index in [1.807, 2.05) is 18.5 Å². The van der Waals surface area contributed by atoms with E-state index in [1.54, 1.807) is 25.0 Å². The van der Waals surface area contributed by atoms with Crippen molar-refractivity contribution in [2.45, 2.75) is 25.9 Å². The van der Waals surface area contributed by atoms with Gasteiger partial charge in [0.25, 0.3) is 0 Å². The second-order valence-electron chi connectivity index (χ2n) is 6.03. The summed E-state index contributed by atoms with van der Waals surface area (Å²) in [5.41, 5.74) is 2.57. The van der Waals surface area contributed by atoms with Gasteiger partial charge in [0, 0.05) is 39.2 Å². The van der Waals surface area contributed by atoms with Crippen molar-refractivity contribution in [2.75, 3.05) is 18.0 Å². The Bertz CT molecular complexity index is 855. The van der Waals surface area contributed by atoms with Crippen molar-refractivity contribution >= 4 is 17.0 Å². The zero-order valence-corrected chi connectivity index (χ0v) is 13.8. The number of aromatic nitrogens is 6. The van der Waals surface area contributed by atoms with Gasteiger partial charge >= 0.3 is 0 Å². The molecule has 0 atom stereocenters. The Morgan fingerprint density at radius 2 is 1.96 bits per heavy atom. The molecule has 0 spiro atoms. The maximum absolute atomic E-state index is 5.96. The highest BCUT2D eigenvalue weighted by Gasteiger charge is 2.24. The summed E-state index contributed by atoms with van der Waals surface area (Å²) < 4.78 is 7.87. The molecule has 8 nitrogen and oxygen atoms in total. The molecular weight excluding hydrogens is 306 g/mol. The molecule has 1 aliphatic rings. The standard InChI is InChI=1S/C16H19N7O/c1-11-7-17-8-13(21-11)24-12-3-5-23(6-4-12)16-14-15(18-9-19-16)22(2)10-20-14/h7-10,12H,3-6H2,1-2H3. The highest BCUT2D eigenvalue weighted by atomic mass is 16.5. The molecule has 0 saturated carbocycles. The van der Waals surface area contributed by atoms with Gasteiger partial charge in [0.1, 0.15) is 12.4 Å². The number of rotatable bonds is 3. The molecule has 0 aliphatic carbocycles. The Hall–Kier alpha value is -2.77. The molecule has 3 aromatic rings. The Balaban J connectivity index is 1.46. The van der Waals surface area contributed by atoms with Crippen LogP contribution in [0.15, 0.2) is 25.0 Å². The summed E-state index contributed by atoms with van der Waals surface area (Å²) in [6, 6.07) is 0. The summed E-state index contributed by atoms with van der Waals surface area (Å²) >= 11 is 0. The summed E-state index contributed by atoms with van der Waals surface area (Å²) in [4.78, 5) is 23.9. The van der Waals surface area contributed by atoms with Crippen LogP contribution in [0.3, 0.4) is 0 Å². The number of piperidine rings is 1. The van der Waals surface area contributed by atoms with Gasteiger partial charge in [0.15, 0.2) is 17.0 Å². The lowest BCUT2D eigenvalue weighted by atomic mass is 10.1. The maximum atomic E-state index is 5.96. The number of imidazole rings is 1. The summed E-state index contributed by atoms with van der Waals surface area (Å²) in [6.45, 7) is 3.65. The molecule has 124 valence electrons. The Labute approximate surface area is 139 Å². The Morgan fingerprint density at radius 3 is 2.75 bits per heavy atom. The Kier molecular flexibility index (Phi) is 3.72. The van der Waals surface area contributed by atoms with E-state index in [1.165, 1.54) is 0 Å². The molecule has 0 aromatic carbocycles. The minimum atomic E-state index is 0.151. The van der Waals surface area contributed by atoms with Crippen LogP contribution in [0.1, 0.15) is 18.5 Å². The zero-order chi connectivity index (χ0) is 16.5. The average Bonchev–Trinajstić information content (AvgIpc) is 2.97. The molecule has 3 aromatic heterocycles. The molecule has 0 unspecified atom stereocenters. The fourth-order valence-electron chi connectivity index (χ4n) is 3.02. The molecule has 8 heteroatoms. The van der Waals surface area contributed by atoms with E-state index in [9.17, 15) is 0 Å². The van der Waals surface area contributed by atoms with E-state index in [4.69, 9.17) is 4.74 Å². The van der Waals surface area contributed by atoms with Gasteiger partial charge in [-0.3, -0.25) is 4.98 Å². The van der Waals surface area contributed by atoms with Crippen LogP contribution in [0, 0.1) is 6.92 Å². The maximum Gasteiger partial charge on any atom is 0.232 e. The van der Waals surface area contributed by atoms with Gasteiger partial charge in [-0.1, -0.05) is 0 Å². The van der Waals surface area contributed by atoms with Crippen LogP contribution in [0.25, 0.3) is 11.2 Å². The third kappa shape index (κ3) is 2.75. The van der Waals surface area contributed by atoms with Crippen LogP contribution in [0.2, 0.25) is 0 Å². The fraction of sp³-hybridized carbons (Fsp3) is 0.438. The molecular formula is C16H19N7O. The van der Waals surface area contributed by atoms with Gasteiger partial charge < -0.3 is 14.2 Å². The second kappa shape index (κ2) is 6.03. The van der Waals surface area contributed by atoms with Gasteiger partial charge in [-0.25, -0.2) is 19.9 Å². The van der Waals surface area contributed by atoms with Crippen molar-refractivity contribution in [2.24, 2.45) is 7.05 Å². The van der Waals surface area contributed by atoms with Crippen molar-refractivity contribution in [3.05, 3.63) is 30.7 Å². The van der Waals surface area contributed by atoms with Gasteiger partial charge in [0.2, 0.25) is 5.88 Å². The largest absolute Gasteiger partial charge is 0.473 e. The number of fused-ring (bicyclic) bond motifs is 1. The lowest BCUT2D eigenvalue weighted by Crippen LogP contribution is -2.39. The molecule has 0 amide bonds. The van der Waals surface area contributed by atoms with Crippen LogP contribution >= 0.6 is 0 Å². The molecule has 24 heavy (non-hydrogen) atoms. The molecule has 0 radical (unpaired) electrons. The molecule has 1 saturated heterocycles. The smallest absolute Gasteiger partial charge is 0.232 e. The number of hydrogen-bond acceptors (Lipinski definition) is 7. The van der Waals surface area contributed by atoms with Crippen LogP contribution < -0.4 is 9.64 Å². The molecule has 1 fully saturated rings. The monoisotopic (exact) mass is 325 g/mol. The third-order valence-electron chi connectivity index (χ3n) is 4.24. The first-order chi connectivity index (χ1) is 11.7. The van der Waals surface area contributed by atoms with Gasteiger partial charge in [-0.15, -0.1) is 0 Å². The van der Waals surface area contributed by atoms with Crippen LogP contribution in [-0.4, -0.2) is 48.7 Å². The molecule has 4 heterocycles. The first-order valence-electron chi connectivity index (χ1n) is 8.03. The van der Waals surface area contributed by atoms with Crippen LogP contribution in [0.5, 0.6) is 5.88 Å². The first-order valence-corrected chi connectivity index (χ1v) is 8.03. The zero-order valence-electron chi connectivity index (χ0n) is 13.8. The van der Waals surface area contributed by atoms with Crippen molar-refractivity contribution in [1.82, 2.24) is 29.5 Å². The van der Waals surface area contributed by atoms with Crippen LogP contribution in [0.4, 0.5) is 5.82 Å². The number of anilines is 1. The Morgan fingerprint density at radius 1 is 1.12 bits per heavy atom. The van der Waals surface area contributed by atoms with Gasteiger partial charge in [-0.2, -0.15) is 0 Å². The van der Waals surface area contributed by atoms with E-state index in [-0.39, 0.29) is 6.10 Å². The van der Waals surface area contributed by atoms with E-state index >= 15 is 0 Å². The lowest BCUT2D eigenvalue weighted by Gasteiger charge is -2.32. The molecule has 0 N–H and O–H groups in total. The predicted molar refractivity (Wildman–Crippen MR) is 88.9 cm³/mol. The molecule has 0 bridgehead atoms. The van der Waals surface area contributed by atoms with E-state index in [0.29, 0.717) is 5.88 Å². The van der Waals surface area contributed by atoms with Crippen LogP contribution in [-0.2, 0) is 7.05 Å². The second-order valence-corrected chi connectivity index (χ2v) is 6.03. The van der Waals surface area contributed by atoms with Crippen molar-refractivity contribution < 1.29 is 4.74 Å². The van der Waals surface area contributed by atoms with E-state index < -0.39 is 0 Å². The predicted octanol–water partition coefficient (Wildman–Crippen LogP) is 1.51. The van der Waals surface area contributed by atoms with Crippen molar-refractivity contribution in [1.29, 1.82) is 0 Å². The number of nitrogens with zero attached hydrogens (tertiary/aromatic N) is 7.